The average molecular weight is 283 g/mol. The summed E-state index contributed by atoms with van der Waals surface area (Å²) in [5.41, 5.74) is 4.20. The molecule has 20 heavy (non-hydrogen) atoms. The minimum absolute atomic E-state index is 0.447. The van der Waals surface area contributed by atoms with Crippen LogP contribution in [0.25, 0.3) is 0 Å². The van der Waals surface area contributed by atoms with Crippen molar-refractivity contribution < 1.29 is 0 Å². The van der Waals surface area contributed by atoms with Crippen LogP contribution in [0, 0.1) is 0 Å². The van der Waals surface area contributed by atoms with Crippen molar-refractivity contribution in [3.8, 4) is 0 Å². The lowest BCUT2D eigenvalue weighted by Crippen LogP contribution is -2.19. The number of hydrogen-bond acceptors (Lipinski definition) is 2. The number of rotatable bonds is 3. The molecule has 0 heterocycles. The highest BCUT2D eigenvalue weighted by molar-refractivity contribution is 7.98. The Hall–Kier alpha value is -1.41. The summed E-state index contributed by atoms with van der Waals surface area (Å²) < 4.78 is 0. The topological polar surface area (TPSA) is 12.0 Å². The SMILES string of the molecule is CSc1ccc(NC2CCC(C)c3ccccc32)cc1. The van der Waals surface area contributed by atoms with Gasteiger partial charge in [0.25, 0.3) is 0 Å². The van der Waals surface area contributed by atoms with Gasteiger partial charge < -0.3 is 5.32 Å². The van der Waals surface area contributed by atoms with E-state index in [1.807, 2.05) is 0 Å². The number of nitrogens with one attached hydrogen (secondary N) is 1. The summed E-state index contributed by atoms with van der Waals surface area (Å²) >= 11 is 1.78. The summed E-state index contributed by atoms with van der Waals surface area (Å²) in [5.74, 6) is 0.683. The molecule has 3 rings (SSSR count). The molecule has 104 valence electrons. The molecular weight excluding hydrogens is 262 g/mol. The molecule has 0 spiro atoms. The van der Waals surface area contributed by atoms with E-state index in [1.165, 1.54) is 34.6 Å². The van der Waals surface area contributed by atoms with E-state index in [1.54, 1.807) is 11.8 Å². The zero-order valence-electron chi connectivity index (χ0n) is 12.1. The van der Waals surface area contributed by atoms with Gasteiger partial charge in [-0.2, -0.15) is 0 Å². The molecule has 2 unspecified atom stereocenters. The van der Waals surface area contributed by atoms with Crippen molar-refractivity contribution in [2.45, 2.75) is 36.6 Å². The quantitative estimate of drug-likeness (QED) is 0.751. The van der Waals surface area contributed by atoms with E-state index in [-0.39, 0.29) is 0 Å². The van der Waals surface area contributed by atoms with Gasteiger partial charge in [-0.3, -0.25) is 0 Å². The van der Waals surface area contributed by atoms with Gasteiger partial charge in [0.1, 0.15) is 0 Å². The summed E-state index contributed by atoms with van der Waals surface area (Å²) in [7, 11) is 0. The molecular formula is C18H21NS. The summed E-state index contributed by atoms with van der Waals surface area (Å²) in [6.07, 6.45) is 4.58. The fourth-order valence-corrected chi connectivity index (χ4v) is 3.45. The largest absolute Gasteiger partial charge is 0.378 e. The summed E-state index contributed by atoms with van der Waals surface area (Å²) in [6.45, 7) is 2.34. The van der Waals surface area contributed by atoms with Crippen molar-refractivity contribution in [2.24, 2.45) is 0 Å². The highest BCUT2D eigenvalue weighted by atomic mass is 32.2. The van der Waals surface area contributed by atoms with Gasteiger partial charge in [-0.25, -0.2) is 0 Å². The van der Waals surface area contributed by atoms with E-state index >= 15 is 0 Å². The summed E-state index contributed by atoms with van der Waals surface area (Å²) in [4.78, 5) is 1.31. The maximum atomic E-state index is 3.70. The highest BCUT2D eigenvalue weighted by Gasteiger charge is 2.23. The van der Waals surface area contributed by atoms with Crippen LogP contribution in [0.1, 0.15) is 42.9 Å². The number of benzene rings is 2. The first-order chi connectivity index (χ1) is 9.78. The van der Waals surface area contributed by atoms with Gasteiger partial charge in [-0.15, -0.1) is 11.8 Å². The predicted molar refractivity (Wildman–Crippen MR) is 88.7 cm³/mol. The Morgan fingerprint density at radius 1 is 0.950 bits per heavy atom. The molecule has 0 amide bonds. The second-order valence-corrected chi connectivity index (χ2v) is 6.41. The maximum Gasteiger partial charge on any atom is 0.0516 e. The Morgan fingerprint density at radius 3 is 2.35 bits per heavy atom. The monoisotopic (exact) mass is 283 g/mol. The van der Waals surface area contributed by atoms with Crippen molar-refractivity contribution in [3.63, 3.8) is 0 Å². The van der Waals surface area contributed by atoms with Crippen molar-refractivity contribution in [1.29, 1.82) is 0 Å². The Labute approximate surface area is 125 Å². The Kier molecular flexibility index (Phi) is 4.02. The summed E-state index contributed by atoms with van der Waals surface area (Å²) in [6, 6.07) is 18.1. The first-order valence-corrected chi connectivity index (χ1v) is 8.50. The lowest BCUT2D eigenvalue weighted by atomic mass is 9.81. The molecule has 2 atom stereocenters. The van der Waals surface area contributed by atoms with Crippen LogP contribution in [-0.4, -0.2) is 6.26 Å². The molecule has 2 aromatic rings. The van der Waals surface area contributed by atoms with Gasteiger partial charge >= 0.3 is 0 Å². The molecule has 1 aliphatic carbocycles. The van der Waals surface area contributed by atoms with Crippen LogP contribution in [0.15, 0.2) is 53.4 Å². The van der Waals surface area contributed by atoms with Crippen LogP contribution in [0.5, 0.6) is 0 Å². The van der Waals surface area contributed by atoms with Crippen molar-refractivity contribution in [1.82, 2.24) is 0 Å². The minimum Gasteiger partial charge on any atom is -0.378 e. The lowest BCUT2D eigenvalue weighted by Gasteiger charge is -2.31. The third-order valence-corrected chi connectivity index (χ3v) is 4.97. The third-order valence-electron chi connectivity index (χ3n) is 4.22. The molecule has 1 aliphatic rings. The molecule has 2 heteroatoms. The molecule has 2 aromatic carbocycles. The number of thioether (sulfide) groups is 1. The average Bonchev–Trinajstić information content (AvgIpc) is 2.51. The predicted octanol–water partition coefficient (Wildman–Crippen LogP) is 5.46. The van der Waals surface area contributed by atoms with Crippen molar-refractivity contribution in [3.05, 3.63) is 59.7 Å². The Morgan fingerprint density at radius 2 is 1.65 bits per heavy atom. The summed E-state index contributed by atoms with van der Waals surface area (Å²) in [5, 5.41) is 3.70. The van der Waals surface area contributed by atoms with Crippen LogP contribution < -0.4 is 5.32 Å². The third kappa shape index (κ3) is 2.71. The van der Waals surface area contributed by atoms with E-state index < -0.39 is 0 Å². The Bertz CT molecular complexity index is 576. The van der Waals surface area contributed by atoms with Gasteiger partial charge in [0.15, 0.2) is 0 Å². The molecule has 0 saturated heterocycles. The molecule has 0 radical (unpaired) electrons. The van der Waals surface area contributed by atoms with Gasteiger partial charge in [0.2, 0.25) is 0 Å². The fourth-order valence-electron chi connectivity index (χ4n) is 3.04. The molecule has 1 N–H and O–H groups in total. The molecule has 1 nitrogen and oxygen atoms in total. The molecule has 0 aromatic heterocycles. The number of anilines is 1. The van der Waals surface area contributed by atoms with Gasteiger partial charge in [0.05, 0.1) is 6.04 Å². The van der Waals surface area contributed by atoms with E-state index in [2.05, 4.69) is 67.0 Å². The standard InChI is InChI=1S/C18H21NS/c1-13-7-12-18(17-6-4-3-5-16(13)17)19-14-8-10-15(20-2)11-9-14/h3-6,8-11,13,18-19H,7,12H2,1-2H3. The second-order valence-electron chi connectivity index (χ2n) is 5.53. The van der Waals surface area contributed by atoms with Crippen LogP contribution in [0.3, 0.4) is 0 Å². The first-order valence-electron chi connectivity index (χ1n) is 7.27. The van der Waals surface area contributed by atoms with Crippen LogP contribution in [0.4, 0.5) is 5.69 Å². The smallest absolute Gasteiger partial charge is 0.0516 e. The fraction of sp³-hybridized carbons (Fsp3) is 0.333. The second kappa shape index (κ2) is 5.92. The Balaban J connectivity index is 1.82. The van der Waals surface area contributed by atoms with E-state index in [0.29, 0.717) is 12.0 Å². The normalized spacial score (nSPS) is 21.3. The lowest BCUT2D eigenvalue weighted by molar-refractivity contribution is 0.534. The number of fused-ring (bicyclic) bond motifs is 1. The molecule has 0 fully saturated rings. The van der Waals surface area contributed by atoms with E-state index in [0.717, 1.165) is 0 Å². The van der Waals surface area contributed by atoms with Crippen LogP contribution in [0.2, 0.25) is 0 Å². The van der Waals surface area contributed by atoms with Gasteiger partial charge in [-0.05, 0) is 60.4 Å². The van der Waals surface area contributed by atoms with E-state index in [9.17, 15) is 0 Å². The zero-order chi connectivity index (χ0) is 13.9. The van der Waals surface area contributed by atoms with Gasteiger partial charge in [-0.1, -0.05) is 31.2 Å². The van der Waals surface area contributed by atoms with Crippen molar-refractivity contribution >= 4 is 17.4 Å². The number of hydrogen-bond donors (Lipinski definition) is 1. The maximum absolute atomic E-state index is 3.70. The van der Waals surface area contributed by atoms with Crippen LogP contribution >= 0.6 is 11.8 Å². The van der Waals surface area contributed by atoms with Crippen molar-refractivity contribution in [2.75, 3.05) is 11.6 Å². The molecule has 0 bridgehead atoms. The van der Waals surface area contributed by atoms with Gasteiger partial charge in [0, 0.05) is 10.6 Å². The first kappa shape index (κ1) is 13.6. The van der Waals surface area contributed by atoms with Crippen LogP contribution in [-0.2, 0) is 0 Å². The molecule has 0 aliphatic heterocycles. The highest BCUT2D eigenvalue weighted by Crippen LogP contribution is 2.38. The van der Waals surface area contributed by atoms with E-state index in [4.69, 9.17) is 0 Å². The zero-order valence-corrected chi connectivity index (χ0v) is 12.9. The minimum atomic E-state index is 0.447. The molecule has 0 saturated carbocycles.